The summed E-state index contributed by atoms with van der Waals surface area (Å²) in [4.78, 5) is 11.0. The molecule has 0 heterocycles. The number of hydrogen-bond acceptors (Lipinski definition) is 3. The van der Waals surface area contributed by atoms with Crippen LogP contribution >= 0.6 is 0 Å². The van der Waals surface area contributed by atoms with Gasteiger partial charge in [-0.05, 0) is 49.8 Å². The normalized spacial score (nSPS) is 11.4. The molecule has 0 aromatic heterocycles. The first-order chi connectivity index (χ1) is 10.5. The lowest BCUT2D eigenvalue weighted by atomic mass is 10.1. The summed E-state index contributed by atoms with van der Waals surface area (Å²) < 4.78 is 5.45. The summed E-state index contributed by atoms with van der Waals surface area (Å²) in [5.74, 6) is -0.481. The molecule has 0 aliphatic heterocycles. The van der Waals surface area contributed by atoms with Crippen molar-refractivity contribution in [3.8, 4) is 5.75 Å². The van der Waals surface area contributed by atoms with Crippen LogP contribution in [-0.2, 0) is 4.79 Å². The minimum absolute atomic E-state index is 0.519. The van der Waals surface area contributed by atoms with Gasteiger partial charge in [0, 0.05) is 11.9 Å². The summed E-state index contributed by atoms with van der Waals surface area (Å²) in [6.07, 6.45) is 3.82. The highest BCUT2D eigenvalue weighted by Gasteiger charge is 2.29. The largest absolute Gasteiger partial charge is 0.478 e. The number of hydrogen-bond donors (Lipinski definition) is 2. The van der Waals surface area contributed by atoms with Crippen LogP contribution in [0.25, 0.3) is 6.08 Å². The van der Waals surface area contributed by atoms with Gasteiger partial charge in [-0.2, -0.15) is 0 Å². The van der Waals surface area contributed by atoms with Crippen LogP contribution in [0, 0.1) is 0 Å². The van der Waals surface area contributed by atoms with Crippen molar-refractivity contribution in [3.63, 3.8) is 0 Å². The molecule has 0 aliphatic rings. The van der Waals surface area contributed by atoms with Crippen molar-refractivity contribution >= 4 is 17.7 Å². The summed E-state index contributed by atoms with van der Waals surface area (Å²) >= 11 is 0. The third-order valence-corrected chi connectivity index (χ3v) is 3.07. The Morgan fingerprint density at radius 3 is 2.32 bits per heavy atom. The van der Waals surface area contributed by atoms with Crippen LogP contribution in [0.3, 0.4) is 0 Å². The minimum atomic E-state index is -1.25. The van der Waals surface area contributed by atoms with Crippen molar-refractivity contribution < 1.29 is 14.6 Å². The summed E-state index contributed by atoms with van der Waals surface area (Å²) in [6.45, 7) is 3.04. The SMILES string of the molecule is CC(C)(Oc1ccc(N/C=C/c2ccccc2)cc1)C(=O)O. The van der Waals surface area contributed by atoms with Gasteiger partial charge in [0.15, 0.2) is 5.60 Å². The first-order valence-corrected chi connectivity index (χ1v) is 6.98. The predicted molar refractivity (Wildman–Crippen MR) is 87.9 cm³/mol. The third kappa shape index (κ3) is 4.38. The predicted octanol–water partition coefficient (Wildman–Crippen LogP) is 4.01. The van der Waals surface area contributed by atoms with E-state index in [1.54, 1.807) is 12.1 Å². The Balaban J connectivity index is 1.95. The molecule has 22 heavy (non-hydrogen) atoms. The van der Waals surface area contributed by atoms with Gasteiger partial charge in [0.2, 0.25) is 0 Å². The number of ether oxygens (including phenoxy) is 1. The lowest BCUT2D eigenvalue weighted by molar-refractivity contribution is -0.152. The maximum Gasteiger partial charge on any atom is 0.347 e. The molecule has 0 bridgehead atoms. The molecule has 0 saturated heterocycles. The van der Waals surface area contributed by atoms with Crippen molar-refractivity contribution in [1.82, 2.24) is 0 Å². The van der Waals surface area contributed by atoms with Crippen molar-refractivity contribution in [2.75, 3.05) is 5.32 Å². The molecule has 0 amide bonds. The highest BCUT2D eigenvalue weighted by molar-refractivity contribution is 5.76. The zero-order valence-corrected chi connectivity index (χ0v) is 12.6. The fraction of sp³-hybridized carbons (Fsp3) is 0.167. The molecule has 114 valence electrons. The zero-order chi connectivity index (χ0) is 16.0. The molecule has 0 aliphatic carbocycles. The maximum absolute atomic E-state index is 11.0. The number of nitrogens with one attached hydrogen (secondary N) is 1. The molecule has 2 N–H and O–H groups in total. The Bertz CT molecular complexity index is 646. The Morgan fingerprint density at radius 1 is 1.09 bits per heavy atom. The van der Waals surface area contributed by atoms with Gasteiger partial charge in [-0.15, -0.1) is 0 Å². The number of anilines is 1. The van der Waals surface area contributed by atoms with E-state index >= 15 is 0 Å². The monoisotopic (exact) mass is 297 g/mol. The molecular weight excluding hydrogens is 278 g/mol. The van der Waals surface area contributed by atoms with E-state index < -0.39 is 11.6 Å². The van der Waals surface area contributed by atoms with Gasteiger partial charge in [0.1, 0.15) is 5.75 Å². The molecule has 0 atom stereocenters. The fourth-order valence-electron chi connectivity index (χ4n) is 1.76. The van der Waals surface area contributed by atoms with Gasteiger partial charge >= 0.3 is 5.97 Å². The van der Waals surface area contributed by atoms with Gasteiger partial charge in [0.05, 0.1) is 0 Å². The number of carboxylic acids is 1. The number of carboxylic acid groups (broad SMARTS) is 1. The molecule has 4 nitrogen and oxygen atoms in total. The summed E-state index contributed by atoms with van der Waals surface area (Å²) in [5, 5.41) is 12.2. The minimum Gasteiger partial charge on any atom is -0.478 e. The zero-order valence-electron chi connectivity index (χ0n) is 12.6. The molecule has 4 heteroatoms. The first kappa shape index (κ1) is 15.6. The van der Waals surface area contributed by atoms with Gasteiger partial charge in [-0.25, -0.2) is 4.79 Å². The summed E-state index contributed by atoms with van der Waals surface area (Å²) in [6, 6.07) is 17.1. The lowest BCUT2D eigenvalue weighted by Gasteiger charge is -2.21. The number of rotatable bonds is 6. The number of aliphatic carboxylic acids is 1. The molecule has 0 spiro atoms. The smallest absolute Gasteiger partial charge is 0.347 e. The molecule has 0 saturated carbocycles. The Labute approximate surface area is 130 Å². The van der Waals surface area contributed by atoms with Gasteiger partial charge < -0.3 is 15.2 Å². The van der Waals surface area contributed by atoms with Crippen molar-refractivity contribution in [1.29, 1.82) is 0 Å². The highest BCUT2D eigenvalue weighted by atomic mass is 16.5. The van der Waals surface area contributed by atoms with Crippen molar-refractivity contribution in [3.05, 3.63) is 66.4 Å². The molecule has 2 rings (SSSR count). The fourth-order valence-corrected chi connectivity index (χ4v) is 1.76. The molecule has 0 fully saturated rings. The van der Waals surface area contributed by atoms with Crippen LogP contribution in [0.15, 0.2) is 60.8 Å². The van der Waals surface area contributed by atoms with Gasteiger partial charge in [-0.3, -0.25) is 0 Å². The third-order valence-electron chi connectivity index (χ3n) is 3.07. The van der Waals surface area contributed by atoms with Crippen LogP contribution in [0.2, 0.25) is 0 Å². The van der Waals surface area contributed by atoms with E-state index in [1.807, 2.05) is 54.7 Å². The second kappa shape index (κ2) is 6.80. The summed E-state index contributed by atoms with van der Waals surface area (Å²) in [7, 11) is 0. The molecule has 0 radical (unpaired) electrons. The average molecular weight is 297 g/mol. The van der Waals surface area contributed by atoms with E-state index in [4.69, 9.17) is 9.84 Å². The van der Waals surface area contributed by atoms with Crippen molar-refractivity contribution in [2.45, 2.75) is 19.4 Å². The van der Waals surface area contributed by atoms with Crippen LogP contribution in [0.5, 0.6) is 5.75 Å². The Kier molecular flexibility index (Phi) is 4.84. The Hall–Kier alpha value is -2.75. The van der Waals surface area contributed by atoms with Crippen LogP contribution in [0.1, 0.15) is 19.4 Å². The molecular formula is C18H19NO3. The van der Waals surface area contributed by atoms with E-state index in [0.717, 1.165) is 11.3 Å². The van der Waals surface area contributed by atoms with E-state index in [9.17, 15) is 4.79 Å². The van der Waals surface area contributed by atoms with Gasteiger partial charge in [-0.1, -0.05) is 30.3 Å². The standard InChI is InChI=1S/C18H19NO3/c1-18(2,17(20)21)22-16-10-8-15(9-11-16)19-13-12-14-6-4-3-5-7-14/h3-13,19H,1-2H3,(H,20,21)/b13-12+. The second-order valence-electron chi connectivity index (χ2n) is 5.33. The number of carbonyl (C=O) groups is 1. The quantitative estimate of drug-likeness (QED) is 0.845. The van der Waals surface area contributed by atoms with E-state index in [2.05, 4.69) is 5.32 Å². The topological polar surface area (TPSA) is 58.6 Å². The van der Waals surface area contributed by atoms with E-state index in [-0.39, 0.29) is 0 Å². The van der Waals surface area contributed by atoms with Crippen LogP contribution in [0.4, 0.5) is 5.69 Å². The second-order valence-corrected chi connectivity index (χ2v) is 5.33. The first-order valence-electron chi connectivity index (χ1n) is 6.98. The highest BCUT2D eigenvalue weighted by Crippen LogP contribution is 2.21. The van der Waals surface area contributed by atoms with E-state index in [0.29, 0.717) is 5.75 Å². The molecule has 2 aromatic rings. The Morgan fingerprint density at radius 2 is 1.73 bits per heavy atom. The van der Waals surface area contributed by atoms with Crippen LogP contribution < -0.4 is 10.1 Å². The average Bonchev–Trinajstić information content (AvgIpc) is 2.50. The van der Waals surface area contributed by atoms with Crippen molar-refractivity contribution in [2.24, 2.45) is 0 Å². The van der Waals surface area contributed by atoms with E-state index in [1.165, 1.54) is 13.8 Å². The lowest BCUT2D eigenvalue weighted by Crippen LogP contribution is -2.37. The van der Waals surface area contributed by atoms with Crippen LogP contribution in [-0.4, -0.2) is 16.7 Å². The van der Waals surface area contributed by atoms with Gasteiger partial charge in [0.25, 0.3) is 0 Å². The molecule has 0 unspecified atom stereocenters. The maximum atomic E-state index is 11.0. The molecule has 2 aromatic carbocycles. The summed E-state index contributed by atoms with van der Waals surface area (Å²) in [5.41, 5.74) is 0.758. The number of benzene rings is 2.